The molecule has 1 aromatic carbocycles. The molecular weight excluding hydrogens is 256 g/mol. The Balaban J connectivity index is 2.21. The van der Waals surface area contributed by atoms with Crippen LogP contribution in [0.2, 0.25) is 0 Å². The summed E-state index contributed by atoms with van der Waals surface area (Å²) in [7, 11) is 0. The zero-order valence-corrected chi connectivity index (χ0v) is 11.9. The van der Waals surface area contributed by atoms with E-state index in [1.165, 1.54) is 0 Å². The van der Waals surface area contributed by atoms with Crippen molar-refractivity contribution in [2.75, 3.05) is 6.61 Å². The number of rotatable bonds is 5. The third-order valence-corrected chi connectivity index (χ3v) is 3.85. The van der Waals surface area contributed by atoms with Gasteiger partial charge in [-0.3, -0.25) is 9.59 Å². The first-order valence-electron chi connectivity index (χ1n) is 7.03. The number of hydrogen-bond donors (Lipinski definition) is 1. The summed E-state index contributed by atoms with van der Waals surface area (Å²) in [6.45, 7) is 4.32. The fourth-order valence-electron chi connectivity index (χ4n) is 2.78. The standard InChI is InChI=1S/C16H20O4/c1-3-20-14-7-4-10(2)8-13(14)15(17)11-5-6-12(9-11)16(18)19/h4,7-8,11-12H,3,5-6,9H2,1-2H3,(H,18,19). The van der Waals surface area contributed by atoms with Crippen LogP contribution >= 0.6 is 0 Å². The molecule has 0 spiro atoms. The van der Waals surface area contributed by atoms with Crippen LogP contribution in [0.25, 0.3) is 0 Å². The predicted molar refractivity (Wildman–Crippen MR) is 75.1 cm³/mol. The van der Waals surface area contributed by atoms with Crippen LogP contribution in [0.4, 0.5) is 0 Å². The molecule has 1 fully saturated rings. The first-order chi connectivity index (χ1) is 9.52. The van der Waals surface area contributed by atoms with Gasteiger partial charge in [0.2, 0.25) is 0 Å². The molecular formula is C16H20O4. The number of carboxylic acids is 1. The summed E-state index contributed by atoms with van der Waals surface area (Å²) in [5.74, 6) is -0.765. The lowest BCUT2D eigenvalue weighted by atomic mass is 9.93. The summed E-state index contributed by atoms with van der Waals surface area (Å²) < 4.78 is 5.51. The number of ether oxygens (including phenoxy) is 1. The van der Waals surface area contributed by atoms with Gasteiger partial charge < -0.3 is 9.84 Å². The molecule has 1 saturated carbocycles. The van der Waals surface area contributed by atoms with Gasteiger partial charge in [-0.25, -0.2) is 0 Å². The van der Waals surface area contributed by atoms with Gasteiger partial charge in [-0.1, -0.05) is 11.6 Å². The van der Waals surface area contributed by atoms with Crippen LogP contribution in [0.3, 0.4) is 0 Å². The molecule has 2 unspecified atom stereocenters. The van der Waals surface area contributed by atoms with Crippen molar-refractivity contribution in [1.82, 2.24) is 0 Å². The second-order valence-corrected chi connectivity index (χ2v) is 5.34. The van der Waals surface area contributed by atoms with E-state index in [1.807, 2.05) is 32.0 Å². The van der Waals surface area contributed by atoms with Crippen molar-refractivity contribution in [1.29, 1.82) is 0 Å². The highest BCUT2D eigenvalue weighted by Gasteiger charge is 2.35. The van der Waals surface area contributed by atoms with Crippen molar-refractivity contribution < 1.29 is 19.4 Å². The van der Waals surface area contributed by atoms with Gasteiger partial charge in [-0.15, -0.1) is 0 Å². The van der Waals surface area contributed by atoms with E-state index in [9.17, 15) is 9.59 Å². The highest BCUT2D eigenvalue weighted by molar-refractivity contribution is 6.01. The summed E-state index contributed by atoms with van der Waals surface area (Å²) >= 11 is 0. The number of Topliss-reactive ketones (excluding diaryl/α,β-unsaturated/α-hetero) is 1. The largest absolute Gasteiger partial charge is 0.493 e. The molecule has 108 valence electrons. The number of hydrogen-bond acceptors (Lipinski definition) is 3. The molecule has 0 radical (unpaired) electrons. The maximum atomic E-state index is 12.6. The molecule has 0 heterocycles. The Morgan fingerprint density at radius 3 is 2.60 bits per heavy atom. The number of carbonyl (C=O) groups is 2. The van der Waals surface area contributed by atoms with E-state index in [4.69, 9.17) is 9.84 Å². The molecule has 2 rings (SSSR count). The number of benzene rings is 1. The lowest BCUT2D eigenvalue weighted by Crippen LogP contribution is -2.16. The number of ketones is 1. The Labute approximate surface area is 118 Å². The molecule has 20 heavy (non-hydrogen) atoms. The maximum Gasteiger partial charge on any atom is 0.306 e. The van der Waals surface area contributed by atoms with Crippen LogP contribution < -0.4 is 4.74 Å². The molecule has 2 atom stereocenters. The fourth-order valence-corrected chi connectivity index (χ4v) is 2.78. The van der Waals surface area contributed by atoms with Crippen molar-refractivity contribution in [2.24, 2.45) is 11.8 Å². The molecule has 0 aromatic heterocycles. The van der Waals surface area contributed by atoms with E-state index in [0.717, 1.165) is 5.56 Å². The van der Waals surface area contributed by atoms with Crippen LogP contribution in [0.5, 0.6) is 5.75 Å². The molecule has 0 bridgehead atoms. The van der Waals surface area contributed by atoms with Crippen molar-refractivity contribution in [3.8, 4) is 5.75 Å². The fraction of sp³-hybridized carbons (Fsp3) is 0.500. The third kappa shape index (κ3) is 3.00. The van der Waals surface area contributed by atoms with E-state index < -0.39 is 5.97 Å². The molecule has 1 aromatic rings. The van der Waals surface area contributed by atoms with Gasteiger partial charge >= 0.3 is 5.97 Å². The Hall–Kier alpha value is -1.84. The van der Waals surface area contributed by atoms with E-state index in [0.29, 0.717) is 37.2 Å². The van der Waals surface area contributed by atoms with Gasteiger partial charge in [0.25, 0.3) is 0 Å². The minimum absolute atomic E-state index is 0.0147. The van der Waals surface area contributed by atoms with Gasteiger partial charge in [0.05, 0.1) is 18.1 Å². The average molecular weight is 276 g/mol. The first-order valence-corrected chi connectivity index (χ1v) is 7.03. The summed E-state index contributed by atoms with van der Waals surface area (Å²) in [6.07, 6.45) is 1.67. The van der Waals surface area contributed by atoms with Crippen LogP contribution in [-0.2, 0) is 4.79 Å². The molecule has 4 nitrogen and oxygen atoms in total. The topological polar surface area (TPSA) is 63.6 Å². The number of carbonyl (C=O) groups excluding carboxylic acids is 1. The third-order valence-electron chi connectivity index (χ3n) is 3.85. The lowest BCUT2D eigenvalue weighted by molar-refractivity contribution is -0.141. The molecule has 0 amide bonds. The van der Waals surface area contributed by atoms with Crippen molar-refractivity contribution in [2.45, 2.75) is 33.1 Å². The van der Waals surface area contributed by atoms with Gasteiger partial charge in [-0.2, -0.15) is 0 Å². The van der Waals surface area contributed by atoms with E-state index in [-0.39, 0.29) is 17.6 Å². The van der Waals surface area contributed by atoms with Crippen LogP contribution in [0.1, 0.15) is 42.1 Å². The second kappa shape index (κ2) is 6.07. The molecule has 1 N–H and O–H groups in total. The summed E-state index contributed by atoms with van der Waals surface area (Å²) in [5.41, 5.74) is 1.59. The molecule has 1 aliphatic carbocycles. The minimum Gasteiger partial charge on any atom is -0.493 e. The predicted octanol–water partition coefficient (Wildman–Crippen LogP) is 3.08. The van der Waals surface area contributed by atoms with Crippen LogP contribution in [0.15, 0.2) is 18.2 Å². The summed E-state index contributed by atoms with van der Waals surface area (Å²) in [5, 5.41) is 9.03. The van der Waals surface area contributed by atoms with Gasteiger partial charge in [0.15, 0.2) is 5.78 Å². The zero-order chi connectivity index (χ0) is 14.7. The number of carboxylic acid groups (broad SMARTS) is 1. The summed E-state index contributed by atoms with van der Waals surface area (Å²) in [4.78, 5) is 23.6. The monoisotopic (exact) mass is 276 g/mol. The normalized spacial score (nSPS) is 21.7. The summed E-state index contributed by atoms with van der Waals surface area (Å²) in [6, 6.07) is 5.56. The molecule has 4 heteroatoms. The van der Waals surface area contributed by atoms with Crippen LogP contribution in [0, 0.1) is 18.8 Å². The molecule has 0 aliphatic heterocycles. The number of aliphatic carboxylic acids is 1. The van der Waals surface area contributed by atoms with Gasteiger partial charge in [0.1, 0.15) is 5.75 Å². The van der Waals surface area contributed by atoms with Crippen molar-refractivity contribution >= 4 is 11.8 Å². The Bertz CT molecular complexity index is 521. The minimum atomic E-state index is -0.797. The quantitative estimate of drug-likeness (QED) is 0.839. The molecule has 1 aliphatic rings. The van der Waals surface area contributed by atoms with Crippen molar-refractivity contribution in [3.63, 3.8) is 0 Å². The maximum absolute atomic E-state index is 12.6. The van der Waals surface area contributed by atoms with Crippen molar-refractivity contribution in [3.05, 3.63) is 29.3 Å². The Kier molecular flexibility index (Phi) is 4.42. The lowest BCUT2D eigenvalue weighted by Gasteiger charge is -2.14. The highest BCUT2D eigenvalue weighted by Crippen LogP contribution is 2.35. The Morgan fingerprint density at radius 1 is 1.30 bits per heavy atom. The van der Waals surface area contributed by atoms with Gasteiger partial charge in [0, 0.05) is 5.92 Å². The zero-order valence-electron chi connectivity index (χ0n) is 11.9. The Morgan fingerprint density at radius 2 is 2.00 bits per heavy atom. The number of aryl methyl sites for hydroxylation is 1. The van der Waals surface area contributed by atoms with Gasteiger partial charge in [-0.05, 0) is 45.2 Å². The van der Waals surface area contributed by atoms with E-state index in [1.54, 1.807) is 0 Å². The average Bonchev–Trinajstić information content (AvgIpc) is 2.90. The van der Waals surface area contributed by atoms with E-state index >= 15 is 0 Å². The smallest absolute Gasteiger partial charge is 0.306 e. The SMILES string of the molecule is CCOc1ccc(C)cc1C(=O)C1CCC(C(=O)O)C1. The second-order valence-electron chi connectivity index (χ2n) is 5.34. The highest BCUT2D eigenvalue weighted by atomic mass is 16.5. The van der Waals surface area contributed by atoms with E-state index in [2.05, 4.69) is 0 Å². The van der Waals surface area contributed by atoms with Crippen LogP contribution in [-0.4, -0.2) is 23.5 Å². The molecule has 0 saturated heterocycles. The first kappa shape index (κ1) is 14.6.